The fraction of sp³-hybridized carbons (Fsp3) is 0.222. The maximum absolute atomic E-state index is 13.0. The molecule has 0 bridgehead atoms. The van der Waals surface area contributed by atoms with Gasteiger partial charge in [-0.15, -0.1) is 0 Å². The number of rotatable bonds is 3. The van der Waals surface area contributed by atoms with E-state index < -0.39 is 23.7 Å². The number of halogens is 1. The number of primary amides is 1. The van der Waals surface area contributed by atoms with Gasteiger partial charge in [-0.25, -0.2) is 9.36 Å². The zero-order valence-corrected chi connectivity index (χ0v) is 16.2. The molecule has 2 N–H and O–H groups in total. The van der Waals surface area contributed by atoms with Gasteiger partial charge in [0.05, 0.1) is 5.69 Å². The molecule has 0 aliphatic rings. The van der Waals surface area contributed by atoms with Crippen LogP contribution in [0, 0.1) is 13.8 Å². The van der Waals surface area contributed by atoms with Crippen LogP contribution in [0.15, 0.2) is 33.9 Å². The third kappa shape index (κ3) is 2.40. The standard InChI is InChI=1S/C18H17ClN6O3/c1-9-10(2)25-14-15(22(3)18(28)23(16(14)27)8-13(20)26)21-17(25)24(9)12-6-4-5-11(19)7-12/h4-7H,8H2,1-3H3,(H2,20,26). The molecule has 0 aliphatic carbocycles. The molecule has 0 saturated carbocycles. The van der Waals surface area contributed by atoms with Crippen LogP contribution in [0.2, 0.25) is 5.02 Å². The fourth-order valence-corrected chi connectivity index (χ4v) is 3.65. The van der Waals surface area contributed by atoms with E-state index in [1.54, 1.807) is 16.5 Å². The summed E-state index contributed by atoms with van der Waals surface area (Å²) in [5, 5.41) is 0.564. The van der Waals surface area contributed by atoms with Crippen molar-refractivity contribution in [3.63, 3.8) is 0 Å². The van der Waals surface area contributed by atoms with Gasteiger partial charge in [0.25, 0.3) is 5.56 Å². The molecule has 0 unspecified atom stereocenters. The molecule has 3 heterocycles. The summed E-state index contributed by atoms with van der Waals surface area (Å²) < 4.78 is 5.61. The van der Waals surface area contributed by atoms with Gasteiger partial charge in [0.15, 0.2) is 11.2 Å². The van der Waals surface area contributed by atoms with E-state index in [0.29, 0.717) is 10.8 Å². The van der Waals surface area contributed by atoms with Crippen LogP contribution in [0.25, 0.3) is 22.6 Å². The highest BCUT2D eigenvalue weighted by Crippen LogP contribution is 2.25. The number of benzene rings is 1. The van der Waals surface area contributed by atoms with Gasteiger partial charge in [-0.3, -0.25) is 23.1 Å². The quantitative estimate of drug-likeness (QED) is 0.550. The molecule has 0 aliphatic heterocycles. The van der Waals surface area contributed by atoms with Crippen molar-refractivity contribution in [2.24, 2.45) is 12.8 Å². The lowest BCUT2D eigenvalue weighted by atomic mass is 10.3. The predicted molar refractivity (Wildman–Crippen MR) is 105 cm³/mol. The molecule has 4 rings (SSSR count). The van der Waals surface area contributed by atoms with E-state index in [9.17, 15) is 14.4 Å². The van der Waals surface area contributed by atoms with Gasteiger partial charge < -0.3 is 5.73 Å². The van der Waals surface area contributed by atoms with Crippen LogP contribution >= 0.6 is 11.6 Å². The van der Waals surface area contributed by atoms with E-state index in [-0.39, 0.29) is 11.2 Å². The molecule has 144 valence electrons. The number of imidazole rings is 2. The highest BCUT2D eigenvalue weighted by Gasteiger charge is 2.23. The van der Waals surface area contributed by atoms with E-state index >= 15 is 0 Å². The van der Waals surface area contributed by atoms with Gasteiger partial charge in [-0.2, -0.15) is 4.98 Å². The second-order valence-corrected chi connectivity index (χ2v) is 7.04. The molecule has 0 fully saturated rings. The van der Waals surface area contributed by atoms with Crippen molar-refractivity contribution in [2.75, 3.05) is 0 Å². The van der Waals surface area contributed by atoms with Crippen molar-refractivity contribution in [1.29, 1.82) is 0 Å². The van der Waals surface area contributed by atoms with Crippen LogP contribution in [-0.4, -0.2) is 29.0 Å². The Bertz CT molecular complexity index is 1410. The number of amides is 1. The van der Waals surface area contributed by atoms with Gasteiger partial charge >= 0.3 is 5.69 Å². The summed E-state index contributed by atoms with van der Waals surface area (Å²) >= 11 is 6.14. The highest BCUT2D eigenvalue weighted by molar-refractivity contribution is 6.30. The Balaban J connectivity index is 2.20. The Hall–Kier alpha value is -3.33. The number of nitrogens with zero attached hydrogens (tertiary/aromatic N) is 5. The van der Waals surface area contributed by atoms with Crippen molar-refractivity contribution in [3.8, 4) is 5.69 Å². The van der Waals surface area contributed by atoms with Crippen LogP contribution < -0.4 is 17.0 Å². The zero-order valence-electron chi connectivity index (χ0n) is 15.4. The summed E-state index contributed by atoms with van der Waals surface area (Å²) in [6, 6.07) is 7.25. The molecule has 3 aromatic heterocycles. The number of carbonyl (C=O) groups excluding carboxylic acids is 1. The maximum atomic E-state index is 13.0. The third-order valence-electron chi connectivity index (χ3n) is 4.90. The Morgan fingerprint density at radius 2 is 1.93 bits per heavy atom. The Morgan fingerprint density at radius 3 is 2.57 bits per heavy atom. The van der Waals surface area contributed by atoms with Crippen molar-refractivity contribution in [2.45, 2.75) is 20.4 Å². The Morgan fingerprint density at radius 1 is 1.21 bits per heavy atom. The van der Waals surface area contributed by atoms with Crippen LogP contribution in [-0.2, 0) is 18.4 Å². The lowest BCUT2D eigenvalue weighted by Gasteiger charge is -2.07. The summed E-state index contributed by atoms with van der Waals surface area (Å²) in [5.74, 6) is -0.306. The number of hydrogen-bond acceptors (Lipinski definition) is 4. The molecule has 0 spiro atoms. The van der Waals surface area contributed by atoms with Crippen LogP contribution in [0.4, 0.5) is 0 Å². The average Bonchev–Trinajstić information content (AvgIpc) is 3.13. The second kappa shape index (κ2) is 6.10. The predicted octanol–water partition coefficient (Wildman–Crippen LogP) is 0.894. The summed E-state index contributed by atoms with van der Waals surface area (Å²) in [6.45, 7) is 3.26. The number of aromatic nitrogens is 5. The average molecular weight is 401 g/mol. The summed E-state index contributed by atoms with van der Waals surface area (Å²) in [7, 11) is 1.50. The number of aryl methyl sites for hydroxylation is 2. The zero-order chi connectivity index (χ0) is 20.3. The van der Waals surface area contributed by atoms with E-state index in [0.717, 1.165) is 21.6 Å². The molecular formula is C18H17ClN6O3. The minimum absolute atomic E-state index is 0.208. The molecule has 0 saturated heterocycles. The monoisotopic (exact) mass is 400 g/mol. The van der Waals surface area contributed by atoms with Gasteiger partial charge in [0.2, 0.25) is 11.7 Å². The lowest BCUT2D eigenvalue weighted by Crippen LogP contribution is -2.42. The summed E-state index contributed by atoms with van der Waals surface area (Å²) in [6.07, 6.45) is 0. The van der Waals surface area contributed by atoms with Crippen molar-refractivity contribution < 1.29 is 4.79 Å². The summed E-state index contributed by atoms with van der Waals surface area (Å²) in [5.41, 5.74) is 6.79. The minimum Gasteiger partial charge on any atom is -0.368 e. The molecule has 1 aromatic carbocycles. The molecule has 1 amide bonds. The molecule has 0 radical (unpaired) electrons. The molecule has 28 heavy (non-hydrogen) atoms. The van der Waals surface area contributed by atoms with Crippen LogP contribution in [0.3, 0.4) is 0 Å². The lowest BCUT2D eigenvalue weighted by molar-refractivity contribution is -0.118. The van der Waals surface area contributed by atoms with Gasteiger partial charge in [-0.05, 0) is 32.0 Å². The molecule has 10 heteroatoms. The SMILES string of the molecule is Cc1c(C)n2c3c(=O)n(CC(N)=O)c(=O)n(C)c3nc2n1-c1cccc(Cl)c1. The number of nitrogens with two attached hydrogens (primary N) is 1. The first kappa shape index (κ1) is 18.1. The van der Waals surface area contributed by atoms with E-state index in [1.165, 1.54) is 11.6 Å². The van der Waals surface area contributed by atoms with Crippen molar-refractivity contribution in [3.05, 3.63) is 61.5 Å². The second-order valence-electron chi connectivity index (χ2n) is 6.60. The number of carbonyl (C=O) groups is 1. The molecule has 0 atom stereocenters. The van der Waals surface area contributed by atoms with Crippen LogP contribution in [0.1, 0.15) is 11.4 Å². The molecule has 9 nitrogen and oxygen atoms in total. The first-order valence-electron chi connectivity index (χ1n) is 8.46. The number of fused-ring (bicyclic) bond motifs is 3. The first-order valence-corrected chi connectivity index (χ1v) is 8.84. The van der Waals surface area contributed by atoms with E-state index in [4.69, 9.17) is 17.3 Å². The summed E-state index contributed by atoms with van der Waals surface area (Å²) in [4.78, 5) is 41.5. The molecule has 4 aromatic rings. The van der Waals surface area contributed by atoms with Gasteiger partial charge in [0.1, 0.15) is 6.54 Å². The van der Waals surface area contributed by atoms with Crippen LogP contribution in [0.5, 0.6) is 0 Å². The normalized spacial score (nSPS) is 11.6. The minimum atomic E-state index is -0.774. The highest BCUT2D eigenvalue weighted by atomic mass is 35.5. The molecular weight excluding hydrogens is 384 g/mol. The Labute approximate surface area is 163 Å². The van der Waals surface area contributed by atoms with Crippen molar-refractivity contribution >= 4 is 34.4 Å². The van der Waals surface area contributed by atoms with Gasteiger partial charge in [-0.1, -0.05) is 17.7 Å². The number of hydrogen-bond donors (Lipinski definition) is 1. The first-order chi connectivity index (χ1) is 13.2. The topological polar surface area (TPSA) is 109 Å². The largest absolute Gasteiger partial charge is 0.368 e. The van der Waals surface area contributed by atoms with E-state index in [1.807, 2.05) is 30.5 Å². The third-order valence-corrected chi connectivity index (χ3v) is 5.13. The fourth-order valence-electron chi connectivity index (χ4n) is 3.47. The van der Waals surface area contributed by atoms with E-state index in [2.05, 4.69) is 4.98 Å². The smallest absolute Gasteiger partial charge is 0.332 e. The Kier molecular flexibility index (Phi) is 3.93. The van der Waals surface area contributed by atoms with Crippen molar-refractivity contribution in [1.82, 2.24) is 23.1 Å². The van der Waals surface area contributed by atoms with Gasteiger partial charge in [0, 0.05) is 23.5 Å². The maximum Gasteiger partial charge on any atom is 0.332 e.